The van der Waals surface area contributed by atoms with Crippen molar-refractivity contribution in [3.63, 3.8) is 0 Å². The quantitative estimate of drug-likeness (QED) is 0.206. The van der Waals surface area contributed by atoms with E-state index in [9.17, 15) is 0 Å². The van der Waals surface area contributed by atoms with Crippen LogP contribution < -0.4 is 0 Å². The molecule has 0 fully saturated rings. The zero-order chi connectivity index (χ0) is 28.2. The molecule has 0 aliphatic heterocycles. The van der Waals surface area contributed by atoms with Crippen LogP contribution >= 0.6 is 0 Å². The second kappa shape index (κ2) is 9.64. The van der Waals surface area contributed by atoms with Gasteiger partial charge in [0.15, 0.2) is 0 Å². The van der Waals surface area contributed by atoms with Crippen LogP contribution in [0, 0.1) is 0 Å². The van der Waals surface area contributed by atoms with Gasteiger partial charge in [-0.25, -0.2) is 0 Å². The lowest BCUT2D eigenvalue weighted by Gasteiger charge is -2.14. The molecule has 42 heavy (non-hydrogen) atoms. The van der Waals surface area contributed by atoms with E-state index in [1.807, 2.05) is 12.2 Å². The summed E-state index contributed by atoms with van der Waals surface area (Å²) in [6.07, 6.45) is 10.6. The highest BCUT2D eigenvalue weighted by Crippen LogP contribution is 2.38. The lowest BCUT2D eigenvalue weighted by Crippen LogP contribution is -2.00. The number of hydrogen-bond acceptors (Lipinski definition) is 0. The Labute approximate surface area is 245 Å². The number of para-hydroxylation sites is 1. The Hall–Kier alpha value is -5.34. The van der Waals surface area contributed by atoms with Crippen molar-refractivity contribution in [3.05, 3.63) is 151 Å². The molecule has 2 aromatic heterocycles. The van der Waals surface area contributed by atoms with Gasteiger partial charge in [0.2, 0.25) is 0 Å². The molecule has 2 heterocycles. The van der Waals surface area contributed by atoms with E-state index in [2.05, 4.69) is 144 Å². The first-order valence-electron chi connectivity index (χ1n) is 14.6. The monoisotopic (exact) mass is 538 g/mol. The lowest BCUT2D eigenvalue weighted by atomic mass is 10.00. The van der Waals surface area contributed by atoms with Gasteiger partial charge in [0.1, 0.15) is 0 Å². The van der Waals surface area contributed by atoms with Crippen LogP contribution in [0.4, 0.5) is 0 Å². The maximum atomic E-state index is 4.00. The molecule has 0 N–H and O–H groups in total. The van der Waals surface area contributed by atoms with E-state index in [-0.39, 0.29) is 0 Å². The van der Waals surface area contributed by atoms with E-state index >= 15 is 0 Å². The molecule has 7 aromatic rings. The summed E-state index contributed by atoms with van der Waals surface area (Å²) in [5, 5.41) is 3.83. The van der Waals surface area contributed by atoms with E-state index < -0.39 is 0 Å². The predicted octanol–water partition coefficient (Wildman–Crippen LogP) is 10.6. The number of hydrogen-bond donors (Lipinski definition) is 0. The maximum absolute atomic E-state index is 4.00. The Balaban J connectivity index is 1.31. The summed E-state index contributed by atoms with van der Waals surface area (Å²) in [7, 11) is 0. The number of allylic oxidation sites excluding steroid dienone is 1. The molecule has 0 saturated carbocycles. The zero-order valence-corrected chi connectivity index (χ0v) is 23.4. The standard InChI is InChI=1S/C40H30N2/c1-3-27-11-9-13-31(23-27)41-38-18-8-6-16-34(38)36-26-30(20-22-40(36)41)29-12-10-14-32(25-29)42-37-17-7-5-15-33(37)35-24-28(4-2)19-21-39(35)42/h3-4,6-14,16-26H,1-2,5,15H2. The summed E-state index contributed by atoms with van der Waals surface area (Å²) in [5.41, 5.74) is 13.4. The van der Waals surface area contributed by atoms with Gasteiger partial charge in [-0.1, -0.05) is 86.0 Å². The number of nitrogens with zero attached hydrogens (tertiary/aromatic N) is 2. The molecule has 2 heteroatoms. The van der Waals surface area contributed by atoms with Gasteiger partial charge >= 0.3 is 0 Å². The molecule has 0 spiro atoms. The highest BCUT2D eigenvalue weighted by Gasteiger charge is 2.19. The van der Waals surface area contributed by atoms with Gasteiger partial charge in [-0.15, -0.1) is 0 Å². The molecule has 2 nitrogen and oxygen atoms in total. The van der Waals surface area contributed by atoms with Crippen molar-refractivity contribution in [3.8, 4) is 22.5 Å². The summed E-state index contributed by atoms with van der Waals surface area (Å²) in [5.74, 6) is 0. The largest absolute Gasteiger partial charge is 0.310 e. The SMILES string of the molecule is C=Cc1cccc(-n2c3ccccc3c3cc(-c4cccc(-n5c6c(c7cc(C=C)ccc75)CCC=C6)c4)ccc32)c1. The lowest BCUT2D eigenvalue weighted by molar-refractivity contribution is 0.968. The summed E-state index contributed by atoms with van der Waals surface area (Å²) >= 11 is 0. The highest BCUT2D eigenvalue weighted by atomic mass is 15.0. The fraction of sp³-hybridized carbons (Fsp3) is 0.0500. The first-order valence-corrected chi connectivity index (χ1v) is 14.6. The second-order valence-corrected chi connectivity index (χ2v) is 11.1. The minimum Gasteiger partial charge on any atom is -0.310 e. The fourth-order valence-corrected chi connectivity index (χ4v) is 6.70. The van der Waals surface area contributed by atoms with E-state index in [4.69, 9.17) is 0 Å². The first-order chi connectivity index (χ1) is 20.7. The molecule has 0 saturated heterocycles. The summed E-state index contributed by atoms with van der Waals surface area (Å²) in [4.78, 5) is 0. The molecule has 0 radical (unpaired) electrons. The molecule has 0 amide bonds. The van der Waals surface area contributed by atoms with E-state index in [0.29, 0.717) is 0 Å². The molecule has 5 aromatic carbocycles. The third kappa shape index (κ3) is 3.73. The van der Waals surface area contributed by atoms with Crippen LogP contribution in [0.2, 0.25) is 0 Å². The Kier molecular flexibility index (Phi) is 5.61. The van der Waals surface area contributed by atoms with Gasteiger partial charge in [-0.2, -0.15) is 0 Å². The summed E-state index contributed by atoms with van der Waals surface area (Å²) in [6, 6.07) is 39.8. The number of aryl methyl sites for hydroxylation is 1. The molecule has 1 aliphatic carbocycles. The number of aromatic nitrogens is 2. The van der Waals surface area contributed by atoms with Crippen LogP contribution in [0.25, 0.3) is 73.4 Å². The average molecular weight is 539 g/mol. The Bertz CT molecular complexity index is 2230. The van der Waals surface area contributed by atoms with Gasteiger partial charge in [-0.3, -0.25) is 0 Å². The van der Waals surface area contributed by atoms with Crippen molar-refractivity contribution in [1.29, 1.82) is 0 Å². The molecular weight excluding hydrogens is 508 g/mol. The maximum Gasteiger partial charge on any atom is 0.0541 e. The van der Waals surface area contributed by atoms with E-state index in [0.717, 1.165) is 29.7 Å². The third-order valence-corrected chi connectivity index (χ3v) is 8.68. The number of rotatable bonds is 5. The van der Waals surface area contributed by atoms with E-state index in [1.54, 1.807) is 0 Å². The Morgan fingerprint density at radius 1 is 0.548 bits per heavy atom. The molecule has 1 aliphatic rings. The normalized spacial score (nSPS) is 12.7. The first kappa shape index (κ1) is 24.5. The summed E-state index contributed by atoms with van der Waals surface area (Å²) in [6.45, 7) is 7.98. The predicted molar refractivity (Wildman–Crippen MR) is 181 cm³/mol. The van der Waals surface area contributed by atoms with Gasteiger partial charge in [0.25, 0.3) is 0 Å². The molecule has 0 unspecified atom stereocenters. The van der Waals surface area contributed by atoms with Crippen molar-refractivity contribution in [2.24, 2.45) is 0 Å². The van der Waals surface area contributed by atoms with Crippen molar-refractivity contribution in [1.82, 2.24) is 9.13 Å². The van der Waals surface area contributed by atoms with Crippen molar-refractivity contribution >= 4 is 50.9 Å². The van der Waals surface area contributed by atoms with Gasteiger partial charge < -0.3 is 9.13 Å². The second-order valence-electron chi connectivity index (χ2n) is 11.1. The van der Waals surface area contributed by atoms with Crippen LogP contribution in [0.3, 0.4) is 0 Å². The fourth-order valence-electron chi connectivity index (χ4n) is 6.70. The third-order valence-electron chi connectivity index (χ3n) is 8.68. The molecule has 0 bridgehead atoms. The van der Waals surface area contributed by atoms with Gasteiger partial charge in [-0.05, 0) is 101 Å². The van der Waals surface area contributed by atoms with Crippen LogP contribution in [0.15, 0.2) is 128 Å². The smallest absolute Gasteiger partial charge is 0.0541 e. The van der Waals surface area contributed by atoms with Gasteiger partial charge in [0, 0.05) is 33.2 Å². The minimum absolute atomic E-state index is 1.06. The van der Waals surface area contributed by atoms with Crippen LogP contribution in [-0.2, 0) is 6.42 Å². The topological polar surface area (TPSA) is 9.86 Å². The van der Waals surface area contributed by atoms with Crippen LogP contribution in [-0.4, -0.2) is 9.13 Å². The van der Waals surface area contributed by atoms with Crippen molar-refractivity contribution < 1.29 is 0 Å². The molecule has 200 valence electrons. The van der Waals surface area contributed by atoms with Crippen LogP contribution in [0.5, 0.6) is 0 Å². The van der Waals surface area contributed by atoms with Crippen molar-refractivity contribution in [2.75, 3.05) is 0 Å². The van der Waals surface area contributed by atoms with Gasteiger partial charge in [0.05, 0.1) is 16.6 Å². The number of benzene rings is 5. The summed E-state index contributed by atoms with van der Waals surface area (Å²) < 4.78 is 4.79. The van der Waals surface area contributed by atoms with Crippen LogP contribution in [0.1, 0.15) is 28.8 Å². The zero-order valence-electron chi connectivity index (χ0n) is 23.4. The average Bonchev–Trinajstić information content (AvgIpc) is 3.57. The molecular formula is C40H30N2. The minimum atomic E-state index is 1.06. The van der Waals surface area contributed by atoms with E-state index in [1.165, 1.54) is 60.8 Å². The molecule has 8 rings (SSSR count). The Morgan fingerprint density at radius 2 is 1.26 bits per heavy atom. The Morgan fingerprint density at radius 3 is 2.14 bits per heavy atom. The van der Waals surface area contributed by atoms with Crippen molar-refractivity contribution in [2.45, 2.75) is 12.8 Å². The highest BCUT2D eigenvalue weighted by molar-refractivity contribution is 6.10. The molecule has 0 atom stereocenters. The number of fused-ring (bicyclic) bond motifs is 6.